The van der Waals surface area contributed by atoms with Crippen LogP contribution in [-0.4, -0.2) is 44.2 Å². The predicted octanol–water partition coefficient (Wildman–Crippen LogP) is 1.43. The van der Waals surface area contributed by atoms with Crippen molar-refractivity contribution in [2.75, 3.05) is 33.4 Å². The number of carbonyl (C=O) groups excluding carboxylic acids is 1. The van der Waals surface area contributed by atoms with E-state index in [1.165, 1.54) is 0 Å². The topological polar surface area (TPSA) is 78.3 Å². The molecular formula is C10H18N4O2. The Balaban J connectivity index is 2.60. The van der Waals surface area contributed by atoms with Gasteiger partial charge in [-0.2, -0.15) is 0 Å². The van der Waals surface area contributed by atoms with Crippen LogP contribution in [0.2, 0.25) is 0 Å². The molecule has 0 bridgehead atoms. The number of nitrogens with zero attached hydrogens (tertiary/aromatic N) is 4. The number of hydrogen-bond acceptors (Lipinski definition) is 3. The summed E-state index contributed by atoms with van der Waals surface area (Å²) in [6, 6.07) is 0. The van der Waals surface area contributed by atoms with Crippen molar-refractivity contribution >= 4 is 5.91 Å². The standard InChI is InChI=1S/C10H18N4O2/c1-10(2)7-14(5-8(10)6-16-3)9(15)4-12-13-11/h8H,4-7H2,1-3H3/t8-/m0/s1. The summed E-state index contributed by atoms with van der Waals surface area (Å²) < 4.78 is 5.15. The van der Waals surface area contributed by atoms with Crippen molar-refractivity contribution in [2.45, 2.75) is 13.8 Å². The average molecular weight is 226 g/mol. The maximum absolute atomic E-state index is 11.7. The fraction of sp³-hybridized carbons (Fsp3) is 0.900. The molecule has 0 saturated carbocycles. The van der Waals surface area contributed by atoms with E-state index >= 15 is 0 Å². The third kappa shape index (κ3) is 2.87. The fourth-order valence-corrected chi connectivity index (χ4v) is 2.06. The zero-order valence-electron chi connectivity index (χ0n) is 10.0. The summed E-state index contributed by atoms with van der Waals surface area (Å²) in [5.74, 6) is 0.233. The molecule has 1 rings (SSSR count). The van der Waals surface area contributed by atoms with E-state index < -0.39 is 0 Å². The highest BCUT2D eigenvalue weighted by Gasteiger charge is 2.40. The van der Waals surface area contributed by atoms with E-state index in [0.29, 0.717) is 25.6 Å². The summed E-state index contributed by atoms with van der Waals surface area (Å²) in [4.78, 5) is 16.0. The van der Waals surface area contributed by atoms with Crippen LogP contribution in [0.4, 0.5) is 0 Å². The first-order valence-electron chi connectivity index (χ1n) is 5.29. The van der Waals surface area contributed by atoms with Crippen molar-refractivity contribution < 1.29 is 9.53 Å². The van der Waals surface area contributed by atoms with Gasteiger partial charge in [0.05, 0.1) is 6.61 Å². The number of ether oxygens (including phenoxy) is 1. The number of azide groups is 1. The molecule has 0 aliphatic carbocycles. The van der Waals surface area contributed by atoms with Gasteiger partial charge in [0.25, 0.3) is 0 Å². The monoisotopic (exact) mass is 226 g/mol. The lowest BCUT2D eigenvalue weighted by Gasteiger charge is -2.24. The normalized spacial score (nSPS) is 22.9. The van der Waals surface area contributed by atoms with E-state index in [2.05, 4.69) is 23.9 Å². The Kier molecular flexibility index (Phi) is 4.15. The van der Waals surface area contributed by atoms with Gasteiger partial charge in [0.15, 0.2) is 0 Å². The van der Waals surface area contributed by atoms with Gasteiger partial charge in [-0.1, -0.05) is 19.0 Å². The number of methoxy groups -OCH3 is 1. The van der Waals surface area contributed by atoms with Crippen LogP contribution < -0.4 is 0 Å². The van der Waals surface area contributed by atoms with Gasteiger partial charge in [-0.05, 0) is 10.9 Å². The smallest absolute Gasteiger partial charge is 0.228 e. The van der Waals surface area contributed by atoms with E-state index in [9.17, 15) is 4.79 Å². The molecule has 1 heterocycles. The quantitative estimate of drug-likeness (QED) is 0.413. The van der Waals surface area contributed by atoms with Crippen LogP contribution in [0.3, 0.4) is 0 Å². The number of likely N-dealkylation sites (tertiary alicyclic amines) is 1. The van der Waals surface area contributed by atoms with Crippen LogP contribution in [0.5, 0.6) is 0 Å². The van der Waals surface area contributed by atoms with Gasteiger partial charge >= 0.3 is 0 Å². The lowest BCUT2D eigenvalue weighted by Crippen LogP contribution is -2.31. The SMILES string of the molecule is COC[C@@H]1CN(C(=O)CN=[N+]=[N-])CC1(C)C. The molecule has 1 aliphatic rings. The highest BCUT2D eigenvalue weighted by atomic mass is 16.5. The molecule has 1 atom stereocenters. The van der Waals surface area contributed by atoms with Gasteiger partial charge in [0, 0.05) is 31.0 Å². The van der Waals surface area contributed by atoms with Gasteiger partial charge in [-0.15, -0.1) is 0 Å². The molecule has 0 unspecified atom stereocenters. The van der Waals surface area contributed by atoms with E-state index in [1.54, 1.807) is 12.0 Å². The second-order valence-electron chi connectivity index (χ2n) is 4.80. The Hall–Kier alpha value is -1.26. The Labute approximate surface area is 95.2 Å². The molecule has 6 heteroatoms. The van der Waals surface area contributed by atoms with Crippen molar-refractivity contribution in [2.24, 2.45) is 16.4 Å². The minimum absolute atomic E-state index is 0.0576. The largest absolute Gasteiger partial charge is 0.384 e. The second kappa shape index (κ2) is 5.18. The Morgan fingerprint density at radius 1 is 1.69 bits per heavy atom. The molecule has 1 amide bonds. The maximum atomic E-state index is 11.7. The highest BCUT2D eigenvalue weighted by Crippen LogP contribution is 2.35. The summed E-state index contributed by atoms with van der Waals surface area (Å²) in [5.41, 5.74) is 8.22. The van der Waals surface area contributed by atoms with Crippen LogP contribution in [0, 0.1) is 11.3 Å². The fourth-order valence-electron chi connectivity index (χ4n) is 2.06. The first-order chi connectivity index (χ1) is 7.51. The number of amides is 1. The van der Waals surface area contributed by atoms with Gasteiger partial charge < -0.3 is 9.64 Å². The van der Waals surface area contributed by atoms with E-state index in [0.717, 1.165) is 0 Å². The molecule has 1 fully saturated rings. The lowest BCUT2D eigenvalue weighted by atomic mass is 9.83. The average Bonchev–Trinajstić information content (AvgIpc) is 2.52. The molecule has 1 saturated heterocycles. The van der Waals surface area contributed by atoms with Crippen molar-refractivity contribution in [3.63, 3.8) is 0 Å². The zero-order valence-corrected chi connectivity index (χ0v) is 10.0. The van der Waals surface area contributed by atoms with E-state index in [1.807, 2.05) is 0 Å². The molecule has 0 radical (unpaired) electrons. The van der Waals surface area contributed by atoms with Crippen LogP contribution in [0.1, 0.15) is 13.8 Å². The van der Waals surface area contributed by atoms with Gasteiger partial charge in [0.2, 0.25) is 5.91 Å². The lowest BCUT2D eigenvalue weighted by molar-refractivity contribution is -0.129. The third-order valence-electron chi connectivity index (χ3n) is 3.13. The van der Waals surface area contributed by atoms with Crippen molar-refractivity contribution in [3.05, 3.63) is 10.4 Å². The molecule has 0 aromatic rings. The summed E-state index contributed by atoms with van der Waals surface area (Å²) in [6.45, 7) is 6.18. The molecule has 0 aromatic heterocycles. The summed E-state index contributed by atoms with van der Waals surface area (Å²) in [7, 11) is 1.67. The first kappa shape index (κ1) is 12.8. The summed E-state index contributed by atoms with van der Waals surface area (Å²) >= 11 is 0. The van der Waals surface area contributed by atoms with Gasteiger partial charge in [0.1, 0.15) is 6.54 Å². The minimum atomic E-state index is -0.107. The molecular weight excluding hydrogens is 208 g/mol. The maximum Gasteiger partial charge on any atom is 0.228 e. The third-order valence-corrected chi connectivity index (χ3v) is 3.13. The Morgan fingerprint density at radius 2 is 2.38 bits per heavy atom. The van der Waals surface area contributed by atoms with E-state index in [-0.39, 0.29) is 17.9 Å². The number of hydrogen-bond donors (Lipinski definition) is 0. The highest BCUT2D eigenvalue weighted by molar-refractivity contribution is 5.78. The van der Waals surface area contributed by atoms with Crippen molar-refractivity contribution in [3.8, 4) is 0 Å². The zero-order chi connectivity index (χ0) is 12.2. The molecule has 90 valence electrons. The van der Waals surface area contributed by atoms with Gasteiger partial charge in [-0.3, -0.25) is 4.79 Å². The van der Waals surface area contributed by atoms with E-state index in [4.69, 9.17) is 10.3 Å². The minimum Gasteiger partial charge on any atom is -0.384 e. The molecule has 16 heavy (non-hydrogen) atoms. The van der Waals surface area contributed by atoms with Crippen molar-refractivity contribution in [1.29, 1.82) is 0 Å². The molecule has 1 aliphatic heterocycles. The number of carbonyl (C=O) groups is 1. The predicted molar refractivity (Wildman–Crippen MR) is 59.7 cm³/mol. The Morgan fingerprint density at radius 3 is 2.94 bits per heavy atom. The van der Waals surface area contributed by atoms with Crippen LogP contribution in [0.15, 0.2) is 5.11 Å². The van der Waals surface area contributed by atoms with Crippen LogP contribution in [-0.2, 0) is 9.53 Å². The first-order valence-corrected chi connectivity index (χ1v) is 5.29. The molecule has 0 spiro atoms. The van der Waals surface area contributed by atoms with Crippen molar-refractivity contribution in [1.82, 2.24) is 4.90 Å². The Bertz CT molecular complexity index is 310. The number of rotatable bonds is 4. The summed E-state index contributed by atoms with van der Waals surface area (Å²) in [5, 5.41) is 3.29. The summed E-state index contributed by atoms with van der Waals surface area (Å²) in [6.07, 6.45) is 0. The molecule has 0 N–H and O–H groups in total. The van der Waals surface area contributed by atoms with Gasteiger partial charge in [-0.25, -0.2) is 0 Å². The molecule has 6 nitrogen and oxygen atoms in total. The van der Waals surface area contributed by atoms with Crippen LogP contribution in [0.25, 0.3) is 10.4 Å². The molecule has 0 aromatic carbocycles. The van der Waals surface area contributed by atoms with Crippen LogP contribution >= 0.6 is 0 Å². The second-order valence-corrected chi connectivity index (χ2v) is 4.80.